The minimum absolute atomic E-state index is 0.287. The molecular weight excluding hydrogens is 358 g/mol. The second kappa shape index (κ2) is 8.26. The molecule has 144 valence electrons. The summed E-state index contributed by atoms with van der Waals surface area (Å²) in [6, 6.07) is 12.7. The maximum atomic E-state index is 12.9. The molecule has 3 amide bonds. The van der Waals surface area contributed by atoms with Crippen molar-refractivity contribution in [3.63, 3.8) is 0 Å². The van der Waals surface area contributed by atoms with E-state index in [9.17, 15) is 9.59 Å². The molecule has 0 spiro atoms. The van der Waals surface area contributed by atoms with Crippen molar-refractivity contribution in [1.29, 1.82) is 0 Å². The van der Waals surface area contributed by atoms with Gasteiger partial charge >= 0.3 is 6.03 Å². The smallest absolute Gasteiger partial charge is 0.316 e. The molecule has 28 heavy (non-hydrogen) atoms. The molecule has 1 heterocycles. The van der Waals surface area contributed by atoms with Gasteiger partial charge in [-0.15, -0.1) is 0 Å². The van der Waals surface area contributed by atoms with Gasteiger partial charge in [0, 0.05) is 36.3 Å². The maximum absolute atomic E-state index is 12.9. The van der Waals surface area contributed by atoms with Gasteiger partial charge in [0.05, 0.1) is 7.11 Å². The Morgan fingerprint density at radius 1 is 1.14 bits per heavy atom. The highest BCUT2D eigenvalue weighted by atomic mass is 16.5. The van der Waals surface area contributed by atoms with E-state index >= 15 is 0 Å². The lowest BCUT2D eigenvalue weighted by Crippen LogP contribution is -2.31. The second-order valence-corrected chi connectivity index (χ2v) is 6.11. The summed E-state index contributed by atoms with van der Waals surface area (Å²) in [5.41, 5.74) is 6.83. The number of hydrogen-bond acceptors (Lipinski definition) is 4. The van der Waals surface area contributed by atoms with E-state index < -0.39 is 12.1 Å². The standard InChI is InChI=1S/C20H21N5O3/c1-25-12-11-22-18(25)17(15-5-3-4-6-16(15)28-2)24-19(26)13-7-9-14(10-8-13)23-20(21)27/h3-12,17H,1-2H3,(H,24,26)(H3,21,23,27). The van der Waals surface area contributed by atoms with E-state index in [1.54, 1.807) is 37.6 Å². The van der Waals surface area contributed by atoms with Crippen LogP contribution in [0.15, 0.2) is 60.9 Å². The Morgan fingerprint density at radius 3 is 2.46 bits per heavy atom. The van der Waals surface area contributed by atoms with Gasteiger partial charge in [0.2, 0.25) is 0 Å². The third-order valence-electron chi connectivity index (χ3n) is 4.26. The zero-order chi connectivity index (χ0) is 20.1. The topological polar surface area (TPSA) is 111 Å². The van der Waals surface area contributed by atoms with Crippen molar-refractivity contribution in [1.82, 2.24) is 14.9 Å². The first-order valence-electron chi connectivity index (χ1n) is 8.57. The van der Waals surface area contributed by atoms with Crippen LogP contribution in [0.1, 0.15) is 27.8 Å². The van der Waals surface area contributed by atoms with Gasteiger partial charge in [0.1, 0.15) is 17.6 Å². The Hall–Kier alpha value is -3.81. The van der Waals surface area contributed by atoms with Crippen LogP contribution in [0.3, 0.4) is 0 Å². The highest BCUT2D eigenvalue weighted by Gasteiger charge is 2.24. The summed E-state index contributed by atoms with van der Waals surface area (Å²) < 4.78 is 7.31. The number of urea groups is 1. The number of imidazole rings is 1. The fourth-order valence-electron chi connectivity index (χ4n) is 2.90. The van der Waals surface area contributed by atoms with E-state index in [1.807, 2.05) is 42.1 Å². The number of amides is 3. The Balaban J connectivity index is 1.90. The van der Waals surface area contributed by atoms with Crippen molar-refractivity contribution in [2.24, 2.45) is 12.8 Å². The summed E-state index contributed by atoms with van der Waals surface area (Å²) in [6.07, 6.45) is 3.49. The average Bonchev–Trinajstić information content (AvgIpc) is 3.11. The van der Waals surface area contributed by atoms with Gasteiger partial charge < -0.3 is 25.7 Å². The lowest BCUT2D eigenvalue weighted by atomic mass is 10.0. The van der Waals surface area contributed by atoms with Crippen LogP contribution >= 0.6 is 0 Å². The van der Waals surface area contributed by atoms with Crippen molar-refractivity contribution < 1.29 is 14.3 Å². The number of rotatable bonds is 6. The number of ether oxygens (including phenoxy) is 1. The first kappa shape index (κ1) is 19.0. The minimum Gasteiger partial charge on any atom is -0.496 e. The van der Waals surface area contributed by atoms with Crippen LogP contribution in [0.25, 0.3) is 0 Å². The number of carbonyl (C=O) groups excluding carboxylic acids is 2. The van der Waals surface area contributed by atoms with Crippen LogP contribution in [-0.4, -0.2) is 28.6 Å². The first-order chi connectivity index (χ1) is 13.5. The summed E-state index contributed by atoms with van der Waals surface area (Å²) >= 11 is 0. The number of para-hydroxylation sites is 1. The average molecular weight is 379 g/mol. The fourth-order valence-corrected chi connectivity index (χ4v) is 2.90. The molecule has 0 aliphatic rings. The molecule has 0 saturated carbocycles. The first-order valence-corrected chi connectivity index (χ1v) is 8.57. The molecule has 4 N–H and O–H groups in total. The Morgan fingerprint density at radius 2 is 1.86 bits per heavy atom. The van der Waals surface area contributed by atoms with Gasteiger partial charge in [-0.2, -0.15) is 0 Å². The number of aryl methyl sites for hydroxylation is 1. The summed E-state index contributed by atoms with van der Waals surface area (Å²) in [6.45, 7) is 0. The van der Waals surface area contributed by atoms with Crippen molar-refractivity contribution in [3.8, 4) is 5.75 Å². The van der Waals surface area contributed by atoms with Crippen LogP contribution in [0, 0.1) is 0 Å². The summed E-state index contributed by atoms with van der Waals surface area (Å²) in [7, 11) is 3.45. The monoisotopic (exact) mass is 379 g/mol. The van der Waals surface area contributed by atoms with Crippen molar-refractivity contribution in [3.05, 3.63) is 77.9 Å². The zero-order valence-corrected chi connectivity index (χ0v) is 15.5. The lowest BCUT2D eigenvalue weighted by Gasteiger charge is -2.21. The lowest BCUT2D eigenvalue weighted by molar-refractivity contribution is 0.0941. The van der Waals surface area contributed by atoms with Gasteiger partial charge in [-0.25, -0.2) is 9.78 Å². The number of carbonyl (C=O) groups is 2. The van der Waals surface area contributed by atoms with Crippen LogP contribution < -0.4 is 21.1 Å². The number of nitrogens with two attached hydrogens (primary N) is 1. The van der Waals surface area contributed by atoms with E-state index in [2.05, 4.69) is 15.6 Å². The largest absolute Gasteiger partial charge is 0.496 e. The molecule has 0 bridgehead atoms. The van der Waals surface area contributed by atoms with E-state index in [4.69, 9.17) is 10.5 Å². The Kier molecular flexibility index (Phi) is 5.59. The van der Waals surface area contributed by atoms with E-state index in [-0.39, 0.29) is 5.91 Å². The molecule has 0 aliphatic heterocycles. The van der Waals surface area contributed by atoms with Crippen molar-refractivity contribution in [2.45, 2.75) is 6.04 Å². The molecule has 3 rings (SSSR count). The van der Waals surface area contributed by atoms with Gasteiger partial charge in [-0.3, -0.25) is 4.79 Å². The minimum atomic E-state index is -0.664. The predicted octanol–water partition coefficient (Wildman–Crippen LogP) is 2.44. The van der Waals surface area contributed by atoms with Crippen molar-refractivity contribution in [2.75, 3.05) is 12.4 Å². The van der Waals surface area contributed by atoms with Crippen LogP contribution in [0.4, 0.5) is 10.5 Å². The molecule has 3 aromatic rings. The molecule has 0 radical (unpaired) electrons. The third-order valence-corrected chi connectivity index (χ3v) is 4.26. The quantitative estimate of drug-likeness (QED) is 0.611. The van der Waals surface area contributed by atoms with Gasteiger partial charge in [-0.05, 0) is 30.3 Å². The number of nitrogens with zero attached hydrogens (tertiary/aromatic N) is 2. The number of anilines is 1. The van der Waals surface area contributed by atoms with Crippen molar-refractivity contribution >= 4 is 17.6 Å². The molecule has 8 nitrogen and oxygen atoms in total. The fraction of sp³-hybridized carbons (Fsp3) is 0.150. The second-order valence-electron chi connectivity index (χ2n) is 6.11. The molecule has 0 aliphatic carbocycles. The molecule has 2 aromatic carbocycles. The van der Waals surface area contributed by atoms with E-state index in [0.717, 1.165) is 5.56 Å². The van der Waals surface area contributed by atoms with Gasteiger partial charge in [0.15, 0.2) is 0 Å². The SMILES string of the molecule is COc1ccccc1C(NC(=O)c1ccc(NC(N)=O)cc1)c1nccn1C. The molecule has 8 heteroatoms. The van der Waals surface area contributed by atoms with E-state index in [1.165, 1.54) is 0 Å². The number of hydrogen-bond donors (Lipinski definition) is 3. The molecule has 1 unspecified atom stereocenters. The third kappa shape index (κ3) is 4.12. The number of primary amides is 1. The van der Waals surface area contributed by atoms with Crippen LogP contribution in [0.5, 0.6) is 5.75 Å². The highest BCUT2D eigenvalue weighted by molar-refractivity contribution is 5.95. The Labute approximate surface area is 162 Å². The number of nitrogens with one attached hydrogen (secondary N) is 2. The normalized spacial score (nSPS) is 11.5. The molecule has 0 saturated heterocycles. The predicted molar refractivity (Wildman–Crippen MR) is 105 cm³/mol. The van der Waals surface area contributed by atoms with Gasteiger partial charge in [-0.1, -0.05) is 18.2 Å². The molecule has 1 aromatic heterocycles. The zero-order valence-electron chi connectivity index (χ0n) is 15.5. The highest BCUT2D eigenvalue weighted by Crippen LogP contribution is 2.29. The summed E-state index contributed by atoms with van der Waals surface area (Å²) in [4.78, 5) is 28.2. The Bertz CT molecular complexity index is 982. The molecule has 0 fully saturated rings. The summed E-state index contributed by atoms with van der Waals surface area (Å²) in [5, 5.41) is 5.47. The number of methoxy groups -OCH3 is 1. The number of aromatic nitrogens is 2. The summed E-state index contributed by atoms with van der Waals surface area (Å²) in [5.74, 6) is 1.03. The maximum Gasteiger partial charge on any atom is 0.316 e. The number of benzene rings is 2. The van der Waals surface area contributed by atoms with E-state index in [0.29, 0.717) is 22.8 Å². The van der Waals surface area contributed by atoms with Crippen LogP contribution in [0.2, 0.25) is 0 Å². The van der Waals surface area contributed by atoms with Gasteiger partial charge in [0.25, 0.3) is 5.91 Å². The van der Waals surface area contributed by atoms with Crippen LogP contribution in [-0.2, 0) is 7.05 Å². The molecular formula is C20H21N5O3. The molecule has 1 atom stereocenters.